The fourth-order valence-corrected chi connectivity index (χ4v) is 3.62. The number of rotatable bonds is 8. The van der Waals surface area contributed by atoms with E-state index >= 15 is 0 Å². The number of pyridine rings is 1. The van der Waals surface area contributed by atoms with Gasteiger partial charge in [0.2, 0.25) is 11.8 Å². The van der Waals surface area contributed by atoms with E-state index in [0.717, 1.165) is 17.5 Å². The predicted octanol–water partition coefficient (Wildman–Crippen LogP) is 5.35. The molecule has 0 aliphatic heterocycles. The van der Waals surface area contributed by atoms with E-state index in [1.54, 1.807) is 25.5 Å². The van der Waals surface area contributed by atoms with Crippen LogP contribution in [0.15, 0.2) is 73.1 Å². The summed E-state index contributed by atoms with van der Waals surface area (Å²) in [5.41, 5.74) is 5.44. The quantitative estimate of drug-likeness (QED) is 0.322. The van der Waals surface area contributed by atoms with Crippen molar-refractivity contribution in [3.63, 3.8) is 0 Å². The fraction of sp³-hybridized carbons (Fsp3) is 0.185. The molecule has 0 saturated heterocycles. The minimum absolute atomic E-state index is 0.247. The van der Waals surface area contributed by atoms with E-state index in [9.17, 15) is 4.79 Å². The van der Waals surface area contributed by atoms with Crippen molar-refractivity contribution in [1.29, 1.82) is 0 Å². The molecule has 8 nitrogen and oxygen atoms in total. The van der Waals surface area contributed by atoms with Gasteiger partial charge in [-0.05, 0) is 73.4 Å². The molecule has 0 radical (unpaired) electrons. The van der Waals surface area contributed by atoms with Crippen LogP contribution in [-0.2, 0) is 6.42 Å². The standard InChI is InChI=1S/C27H28N6O2/c1-18-7-4-5-8-20(18)12-15-31-27(34)32-21-10-11-24(19(2)17-21)35-25-22(9-6-14-29-25)23-13-16-30-26(28-3)33-23/h4-11,13-14,16-17H,12,15H2,1-3H3,(H,28,30,33)(H2,31,32,34). The van der Waals surface area contributed by atoms with Gasteiger partial charge in [-0.3, -0.25) is 0 Å². The number of nitrogens with zero attached hydrogens (tertiary/aromatic N) is 3. The summed E-state index contributed by atoms with van der Waals surface area (Å²) in [6.45, 7) is 4.55. The Kier molecular flexibility index (Phi) is 7.52. The van der Waals surface area contributed by atoms with Gasteiger partial charge in [-0.1, -0.05) is 24.3 Å². The molecule has 178 valence electrons. The smallest absolute Gasteiger partial charge is 0.319 e. The van der Waals surface area contributed by atoms with Crippen molar-refractivity contribution in [3.05, 3.63) is 89.7 Å². The van der Waals surface area contributed by atoms with Gasteiger partial charge in [-0.2, -0.15) is 0 Å². The lowest BCUT2D eigenvalue weighted by atomic mass is 10.1. The van der Waals surface area contributed by atoms with Crippen LogP contribution < -0.4 is 20.7 Å². The van der Waals surface area contributed by atoms with E-state index in [1.165, 1.54) is 11.1 Å². The number of hydrogen-bond donors (Lipinski definition) is 3. The first kappa shape index (κ1) is 23.7. The van der Waals surface area contributed by atoms with Gasteiger partial charge >= 0.3 is 6.03 Å². The molecule has 0 spiro atoms. The Labute approximate surface area is 204 Å². The van der Waals surface area contributed by atoms with Gasteiger partial charge in [0, 0.05) is 31.7 Å². The molecule has 0 fully saturated rings. The summed E-state index contributed by atoms with van der Waals surface area (Å²) in [5, 5.41) is 8.72. The second kappa shape index (κ2) is 11.1. The number of amides is 2. The maximum atomic E-state index is 12.3. The first-order chi connectivity index (χ1) is 17.0. The number of aryl methyl sites for hydroxylation is 2. The lowest BCUT2D eigenvalue weighted by Gasteiger charge is -2.13. The van der Waals surface area contributed by atoms with Gasteiger partial charge in [-0.25, -0.2) is 19.7 Å². The van der Waals surface area contributed by atoms with Crippen LogP contribution in [0.25, 0.3) is 11.3 Å². The highest BCUT2D eigenvalue weighted by atomic mass is 16.5. The second-order valence-corrected chi connectivity index (χ2v) is 8.01. The first-order valence-corrected chi connectivity index (χ1v) is 11.4. The number of anilines is 2. The summed E-state index contributed by atoms with van der Waals surface area (Å²) in [4.78, 5) is 25.4. The van der Waals surface area contributed by atoms with Crippen LogP contribution in [-0.4, -0.2) is 34.6 Å². The second-order valence-electron chi connectivity index (χ2n) is 8.01. The van der Waals surface area contributed by atoms with Gasteiger partial charge < -0.3 is 20.7 Å². The zero-order valence-corrected chi connectivity index (χ0v) is 20.0. The molecular weight excluding hydrogens is 440 g/mol. The molecule has 2 aromatic heterocycles. The molecule has 0 atom stereocenters. The average molecular weight is 469 g/mol. The van der Waals surface area contributed by atoms with Crippen molar-refractivity contribution in [2.24, 2.45) is 0 Å². The third-order valence-corrected chi connectivity index (χ3v) is 5.51. The molecule has 35 heavy (non-hydrogen) atoms. The minimum Gasteiger partial charge on any atom is -0.438 e. The highest BCUT2D eigenvalue weighted by molar-refractivity contribution is 5.89. The number of carbonyl (C=O) groups excluding carboxylic acids is 1. The highest BCUT2D eigenvalue weighted by Crippen LogP contribution is 2.32. The van der Waals surface area contributed by atoms with Gasteiger partial charge in [0.05, 0.1) is 11.3 Å². The lowest BCUT2D eigenvalue weighted by Crippen LogP contribution is -2.30. The molecule has 0 aliphatic carbocycles. The van der Waals surface area contributed by atoms with Crippen molar-refractivity contribution in [2.75, 3.05) is 24.2 Å². The van der Waals surface area contributed by atoms with Gasteiger partial charge in [0.1, 0.15) is 5.75 Å². The minimum atomic E-state index is -0.247. The number of nitrogens with one attached hydrogen (secondary N) is 3. The molecule has 0 unspecified atom stereocenters. The molecule has 2 heterocycles. The molecule has 0 aliphatic rings. The maximum absolute atomic E-state index is 12.3. The molecule has 0 saturated carbocycles. The van der Waals surface area contributed by atoms with Crippen molar-refractivity contribution in [2.45, 2.75) is 20.3 Å². The number of ether oxygens (including phenoxy) is 1. The van der Waals surface area contributed by atoms with Crippen LogP contribution in [0.2, 0.25) is 0 Å². The molecule has 0 bridgehead atoms. The van der Waals surface area contributed by atoms with Gasteiger partial charge in [-0.15, -0.1) is 0 Å². The van der Waals surface area contributed by atoms with Crippen LogP contribution >= 0.6 is 0 Å². The number of carbonyl (C=O) groups is 1. The fourth-order valence-electron chi connectivity index (χ4n) is 3.62. The van der Waals surface area contributed by atoms with Gasteiger partial charge in [0.15, 0.2) is 0 Å². The molecule has 2 aromatic carbocycles. The van der Waals surface area contributed by atoms with Crippen LogP contribution in [0.3, 0.4) is 0 Å². The van der Waals surface area contributed by atoms with Crippen LogP contribution in [0.4, 0.5) is 16.4 Å². The topological polar surface area (TPSA) is 101 Å². The average Bonchev–Trinajstić information content (AvgIpc) is 2.87. The predicted molar refractivity (Wildman–Crippen MR) is 138 cm³/mol. The van der Waals surface area contributed by atoms with Gasteiger partial charge in [0.25, 0.3) is 0 Å². The number of benzene rings is 2. The monoisotopic (exact) mass is 468 g/mol. The number of aromatic nitrogens is 3. The summed E-state index contributed by atoms with van der Waals surface area (Å²) < 4.78 is 6.13. The Hall–Kier alpha value is -4.46. The summed E-state index contributed by atoms with van der Waals surface area (Å²) in [5.74, 6) is 1.59. The number of hydrogen-bond acceptors (Lipinski definition) is 6. The summed E-state index contributed by atoms with van der Waals surface area (Å²) >= 11 is 0. The van der Waals surface area contributed by atoms with Crippen LogP contribution in [0, 0.1) is 13.8 Å². The third kappa shape index (κ3) is 6.11. The van der Waals surface area contributed by atoms with E-state index in [2.05, 4.69) is 50.0 Å². The Morgan fingerprint density at radius 2 is 1.80 bits per heavy atom. The normalized spacial score (nSPS) is 10.5. The third-order valence-electron chi connectivity index (χ3n) is 5.51. The van der Waals surface area contributed by atoms with Crippen molar-refractivity contribution >= 4 is 17.7 Å². The van der Waals surface area contributed by atoms with E-state index in [0.29, 0.717) is 35.5 Å². The molecule has 4 rings (SSSR count). The SMILES string of the molecule is CNc1nccc(-c2cccnc2Oc2ccc(NC(=O)NCCc3ccccc3C)cc2C)n1. The zero-order valence-electron chi connectivity index (χ0n) is 20.0. The molecule has 2 amide bonds. The van der Waals surface area contributed by atoms with Crippen molar-refractivity contribution < 1.29 is 9.53 Å². The molecule has 8 heteroatoms. The molecule has 3 N–H and O–H groups in total. The summed E-state index contributed by atoms with van der Waals surface area (Å²) in [6.07, 6.45) is 4.13. The zero-order chi connectivity index (χ0) is 24.6. The highest BCUT2D eigenvalue weighted by Gasteiger charge is 2.13. The maximum Gasteiger partial charge on any atom is 0.319 e. The Balaban J connectivity index is 1.40. The Bertz CT molecular complexity index is 1320. The number of urea groups is 1. The summed E-state index contributed by atoms with van der Waals surface area (Å²) in [7, 11) is 1.77. The Morgan fingerprint density at radius 1 is 0.943 bits per heavy atom. The largest absolute Gasteiger partial charge is 0.438 e. The van der Waals surface area contributed by atoms with Crippen molar-refractivity contribution in [1.82, 2.24) is 20.3 Å². The van der Waals surface area contributed by atoms with E-state index < -0.39 is 0 Å². The summed E-state index contributed by atoms with van der Waals surface area (Å²) in [6, 6.07) is 18.9. The van der Waals surface area contributed by atoms with Crippen molar-refractivity contribution in [3.8, 4) is 22.9 Å². The van der Waals surface area contributed by atoms with E-state index in [4.69, 9.17) is 4.74 Å². The van der Waals surface area contributed by atoms with Crippen LogP contribution in [0.1, 0.15) is 16.7 Å². The Morgan fingerprint density at radius 3 is 2.60 bits per heavy atom. The van der Waals surface area contributed by atoms with E-state index in [1.807, 2.05) is 49.4 Å². The lowest BCUT2D eigenvalue weighted by molar-refractivity contribution is 0.252. The molecule has 4 aromatic rings. The first-order valence-electron chi connectivity index (χ1n) is 11.4. The van der Waals surface area contributed by atoms with Crippen LogP contribution in [0.5, 0.6) is 11.6 Å². The molecular formula is C27H28N6O2. The van der Waals surface area contributed by atoms with E-state index in [-0.39, 0.29) is 6.03 Å².